The van der Waals surface area contributed by atoms with Gasteiger partial charge in [-0.2, -0.15) is 13.2 Å². The van der Waals surface area contributed by atoms with E-state index in [1.807, 2.05) is 20.8 Å². The highest BCUT2D eigenvalue weighted by molar-refractivity contribution is 5.01. The molecular weight excluding hydrogens is 241 g/mol. The Balaban J connectivity index is 4.30. The topological polar surface area (TPSA) is 15.3 Å². The molecular formula is C13H25F3N2. The van der Waals surface area contributed by atoms with Gasteiger partial charge in [0.25, 0.3) is 0 Å². The number of hydrogen-bond acceptors (Lipinski definition) is 2. The van der Waals surface area contributed by atoms with Crippen LogP contribution >= 0.6 is 0 Å². The van der Waals surface area contributed by atoms with Gasteiger partial charge < -0.3 is 5.32 Å². The van der Waals surface area contributed by atoms with Crippen LogP contribution in [0.4, 0.5) is 13.2 Å². The molecule has 0 aromatic rings. The molecule has 0 atom stereocenters. The van der Waals surface area contributed by atoms with Crippen LogP contribution in [0.15, 0.2) is 12.2 Å². The molecule has 0 amide bonds. The van der Waals surface area contributed by atoms with Crippen molar-refractivity contribution in [1.29, 1.82) is 0 Å². The highest BCUT2D eigenvalue weighted by Gasteiger charge is 2.31. The zero-order valence-corrected chi connectivity index (χ0v) is 12.0. The number of hydrogen-bond donors (Lipinski definition) is 1. The molecule has 108 valence electrons. The predicted molar refractivity (Wildman–Crippen MR) is 69.7 cm³/mol. The van der Waals surface area contributed by atoms with Crippen LogP contribution in [0.25, 0.3) is 0 Å². The molecule has 0 bridgehead atoms. The van der Waals surface area contributed by atoms with Gasteiger partial charge in [-0.25, -0.2) is 0 Å². The third-order valence-corrected chi connectivity index (χ3v) is 2.41. The van der Waals surface area contributed by atoms with Gasteiger partial charge in [0.2, 0.25) is 0 Å². The first-order chi connectivity index (χ1) is 7.91. The van der Waals surface area contributed by atoms with Crippen LogP contribution in [0.2, 0.25) is 0 Å². The Labute approximate surface area is 108 Å². The van der Waals surface area contributed by atoms with Crippen molar-refractivity contribution in [2.75, 3.05) is 19.6 Å². The number of halogens is 3. The smallest absolute Gasteiger partial charge is 0.308 e. The fourth-order valence-electron chi connectivity index (χ4n) is 1.38. The molecule has 2 nitrogen and oxygen atoms in total. The number of rotatable bonds is 6. The Morgan fingerprint density at radius 1 is 1.22 bits per heavy atom. The van der Waals surface area contributed by atoms with Gasteiger partial charge in [0.1, 0.15) is 0 Å². The fraction of sp³-hybridized carbons (Fsp3) is 0.846. The summed E-state index contributed by atoms with van der Waals surface area (Å²) in [7, 11) is 0. The Morgan fingerprint density at radius 3 is 2.06 bits per heavy atom. The van der Waals surface area contributed by atoms with Crippen molar-refractivity contribution in [3.63, 3.8) is 0 Å². The van der Waals surface area contributed by atoms with Crippen LogP contribution in [-0.2, 0) is 0 Å². The normalized spacial score (nSPS) is 13.4. The van der Waals surface area contributed by atoms with Crippen LogP contribution < -0.4 is 5.32 Å². The van der Waals surface area contributed by atoms with Crippen molar-refractivity contribution in [1.82, 2.24) is 10.2 Å². The van der Waals surface area contributed by atoms with Gasteiger partial charge in [-0.1, -0.05) is 6.58 Å². The van der Waals surface area contributed by atoms with E-state index in [-0.39, 0.29) is 18.1 Å². The van der Waals surface area contributed by atoms with Gasteiger partial charge in [0.05, 0.1) is 6.54 Å². The third kappa shape index (κ3) is 9.48. The van der Waals surface area contributed by atoms with Crippen molar-refractivity contribution < 1.29 is 13.2 Å². The molecule has 18 heavy (non-hydrogen) atoms. The van der Waals surface area contributed by atoms with E-state index in [1.54, 1.807) is 13.8 Å². The summed E-state index contributed by atoms with van der Waals surface area (Å²) in [5.74, 6) is 0. The molecule has 0 spiro atoms. The first-order valence-corrected chi connectivity index (χ1v) is 6.13. The SMILES string of the molecule is C=C(CNC(C)(C)C)CN(CC(F)(F)F)C(C)C. The van der Waals surface area contributed by atoms with E-state index in [1.165, 1.54) is 4.90 Å². The Morgan fingerprint density at radius 2 is 1.72 bits per heavy atom. The van der Waals surface area contributed by atoms with E-state index in [4.69, 9.17) is 0 Å². The lowest BCUT2D eigenvalue weighted by molar-refractivity contribution is -0.148. The highest BCUT2D eigenvalue weighted by atomic mass is 19.4. The summed E-state index contributed by atoms with van der Waals surface area (Å²) in [4.78, 5) is 1.38. The monoisotopic (exact) mass is 266 g/mol. The number of nitrogens with one attached hydrogen (secondary N) is 1. The van der Waals surface area contributed by atoms with Crippen molar-refractivity contribution >= 4 is 0 Å². The van der Waals surface area contributed by atoms with Crippen molar-refractivity contribution in [2.24, 2.45) is 0 Å². The molecule has 0 saturated carbocycles. The molecule has 0 aliphatic rings. The van der Waals surface area contributed by atoms with Crippen LogP contribution in [0.3, 0.4) is 0 Å². The second kappa shape index (κ2) is 6.57. The van der Waals surface area contributed by atoms with Crippen molar-refractivity contribution in [2.45, 2.75) is 52.4 Å². The van der Waals surface area contributed by atoms with E-state index in [9.17, 15) is 13.2 Å². The maximum Gasteiger partial charge on any atom is 0.401 e. The lowest BCUT2D eigenvalue weighted by Crippen LogP contribution is -2.43. The quantitative estimate of drug-likeness (QED) is 0.743. The van der Waals surface area contributed by atoms with Gasteiger partial charge >= 0.3 is 6.18 Å². The summed E-state index contributed by atoms with van der Waals surface area (Å²) in [6.07, 6.45) is -4.16. The van der Waals surface area contributed by atoms with Gasteiger partial charge in [-0.15, -0.1) is 0 Å². The van der Waals surface area contributed by atoms with Gasteiger partial charge in [0.15, 0.2) is 0 Å². The maximum atomic E-state index is 12.4. The summed E-state index contributed by atoms with van der Waals surface area (Å²) in [6, 6.07) is -0.155. The average molecular weight is 266 g/mol. The van der Waals surface area contributed by atoms with E-state index >= 15 is 0 Å². The van der Waals surface area contributed by atoms with Gasteiger partial charge in [-0.3, -0.25) is 4.90 Å². The average Bonchev–Trinajstić information content (AvgIpc) is 2.10. The lowest BCUT2D eigenvalue weighted by Gasteiger charge is -2.29. The summed E-state index contributed by atoms with van der Waals surface area (Å²) >= 11 is 0. The minimum atomic E-state index is -4.16. The second-order valence-electron chi connectivity index (χ2n) is 5.97. The van der Waals surface area contributed by atoms with Crippen LogP contribution in [-0.4, -0.2) is 42.3 Å². The Bertz CT molecular complexity index is 264. The highest BCUT2D eigenvalue weighted by Crippen LogP contribution is 2.18. The summed E-state index contributed by atoms with van der Waals surface area (Å²) in [6.45, 7) is 13.3. The summed E-state index contributed by atoms with van der Waals surface area (Å²) in [5.41, 5.74) is 0.707. The number of nitrogens with zero attached hydrogens (tertiary/aromatic N) is 1. The molecule has 0 unspecified atom stereocenters. The molecule has 0 aromatic heterocycles. The van der Waals surface area contributed by atoms with Crippen LogP contribution in [0, 0.1) is 0 Å². The maximum absolute atomic E-state index is 12.4. The zero-order chi connectivity index (χ0) is 14.6. The molecule has 0 saturated heterocycles. The van der Waals surface area contributed by atoms with Crippen LogP contribution in [0.5, 0.6) is 0 Å². The molecule has 0 rings (SSSR count). The molecule has 1 N–H and O–H groups in total. The first kappa shape index (κ1) is 17.4. The summed E-state index contributed by atoms with van der Waals surface area (Å²) < 4.78 is 37.2. The molecule has 0 fully saturated rings. The lowest BCUT2D eigenvalue weighted by atomic mass is 10.1. The number of alkyl halides is 3. The summed E-state index contributed by atoms with van der Waals surface area (Å²) in [5, 5.41) is 3.22. The molecule has 5 heteroatoms. The largest absolute Gasteiger partial charge is 0.401 e. The predicted octanol–water partition coefficient (Wildman–Crippen LogP) is 3.20. The molecule has 0 aromatic carbocycles. The fourth-order valence-corrected chi connectivity index (χ4v) is 1.38. The molecule has 0 aliphatic heterocycles. The first-order valence-electron chi connectivity index (χ1n) is 6.13. The van der Waals surface area contributed by atoms with Crippen molar-refractivity contribution in [3.8, 4) is 0 Å². The standard InChI is InChI=1S/C13H25F3N2/c1-10(2)18(9-13(14,15)16)8-11(3)7-17-12(4,5)6/h10,17H,3,7-9H2,1-2,4-6H3. The molecule has 0 aliphatic carbocycles. The molecule has 0 radical (unpaired) electrons. The van der Waals surface area contributed by atoms with Gasteiger partial charge in [-0.05, 0) is 40.2 Å². The molecule has 0 heterocycles. The second-order valence-corrected chi connectivity index (χ2v) is 5.97. The zero-order valence-electron chi connectivity index (χ0n) is 12.0. The minimum absolute atomic E-state index is 0.0599. The minimum Gasteiger partial charge on any atom is -0.308 e. The van der Waals surface area contributed by atoms with Crippen LogP contribution in [0.1, 0.15) is 34.6 Å². The Kier molecular flexibility index (Phi) is 6.37. The van der Waals surface area contributed by atoms with E-state index in [0.29, 0.717) is 6.54 Å². The van der Waals surface area contributed by atoms with E-state index < -0.39 is 12.7 Å². The van der Waals surface area contributed by atoms with E-state index in [2.05, 4.69) is 11.9 Å². The van der Waals surface area contributed by atoms with E-state index in [0.717, 1.165) is 5.57 Å². The van der Waals surface area contributed by atoms with Crippen molar-refractivity contribution in [3.05, 3.63) is 12.2 Å². The Hall–Kier alpha value is -0.550. The van der Waals surface area contributed by atoms with Gasteiger partial charge in [0, 0.05) is 24.7 Å². The third-order valence-electron chi connectivity index (χ3n) is 2.41.